The number of ketones is 1. The van der Waals surface area contributed by atoms with Crippen LogP contribution in [-0.2, 0) is 0 Å². The van der Waals surface area contributed by atoms with E-state index in [-0.39, 0.29) is 11.5 Å². The predicted octanol–water partition coefficient (Wildman–Crippen LogP) is 4.28. The average molecular weight is 375 g/mol. The average Bonchev–Trinajstić information content (AvgIpc) is 3.39. The van der Waals surface area contributed by atoms with Gasteiger partial charge in [0.05, 0.1) is 12.0 Å². The summed E-state index contributed by atoms with van der Waals surface area (Å²) in [7, 11) is 0. The van der Waals surface area contributed by atoms with Gasteiger partial charge in [0.1, 0.15) is 4.88 Å². The van der Waals surface area contributed by atoms with E-state index in [1.165, 1.54) is 12.5 Å². The van der Waals surface area contributed by atoms with Crippen LogP contribution in [0.15, 0.2) is 77.7 Å². The summed E-state index contributed by atoms with van der Waals surface area (Å²) >= 11 is 1.12. The minimum absolute atomic E-state index is 0.173. The van der Waals surface area contributed by atoms with Crippen molar-refractivity contribution >= 4 is 28.2 Å². The second-order valence-electron chi connectivity index (χ2n) is 5.57. The highest BCUT2D eigenvalue weighted by atomic mass is 32.1. The molecular weight excluding hydrogens is 362 g/mol. The van der Waals surface area contributed by atoms with Crippen LogP contribution < -0.4 is 5.32 Å². The Kier molecular flexibility index (Phi) is 4.59. The van der Waals surface area contributed by atoms with E-state index >= 15 is 0 Å². The molecule has 4 aromatic rings. The lowest BCUT2D eigenvalue weighted by molar-refractivity contribution is 0.0995. The molecule has 0 saturated carbocycles. The minimum atomic E-state index is -0.422. The Morgan fingerprint density at radius 3 is 2.56 bits per heavy atom. The van der Waals surface area contributed by atoms with Crippen molar-refractivity contribution in [3.8, 4) is 11.3 Å². The number of benzene rings is 1. The van der Waals surface area contributed by atoms with Crippen molar-refractivity contribution in [2.45, 2.75) is 0 Å². The third-order valence-corrected chi connectivity index (χ3v) is 4.74. The molecule has 1 amide bonds. The van der Waals surface area contributed by atoms with Crippen LogP contribution in [-0.4, -0.2) is 21.7 Å². The molecule has 0 fully saturated rings. The molecule has 1 aromatic carbocycles. The monoisotopic (exact) mass is 375 g/mol. The summed E-state index contributed by atoms with van der Waals surface area (Å²) in [6, 6.07) is 16.0. The molecule has 1 N–H and O–H groups in total. The van der Waals surface area contributed by atoms with Gasteiger partial charge in [-0.05, 0) is 24.3 Å². The summed E-state index contributed by atoms with van der Waals surface area (Å²) in [5.41, 5.74) is 1.77. The first-order valence-corrected chi connectivity index (χ1v) is 8.90. The maximum Gasteiger partial charge on any atom is 0.293 e. The molecule has 6 nitrogen and oxygen atoms in total. The SMILES string of the molecule is O=C(Nc1nc(-c2ccccc2)c(C(=O)c2cccnc2)s1)c1ccco1. The molecule has 27 heavy (non-hydrogen) atoms. The van der Waals surface area contributed by atoms with Gasteiger partial charge in [-0.15, -0.1) is 0 Å². The van der Waals surface area contributed by atoms with E-state index in [1.807, 2.05) is 30.3 Å². The third kappa shape index (κ3) is 3.54. The molecule has 0 radical (unpaired) electrons. The largest absolute Gasteiger partial charge is 0.459 e. The van der Waals surface area contributed by atoms with E-state index in [1.54, 1.807) is 30.5 Å². The Labute approximate surface area is 158 Å². The van der Waals surface area contributed by atoms with Crippen molar-refractivity contribution in [1.29, 1.82) is 0 Å². The first-order valence-electron chi connectivity index (χ1n) is 8.08. The van der Waals surface area contributed by atoms with Crippen molar-refractivity contribution < 1.29 is 14.0 Å². The summed E-state index contributed by atoms with van der Waals surface area (Å²) in [4.78, 5) is 34.1. The van der Waals surface area contributed by atoms with Crippen molar-refractivity contribution in [2.75, 3.05) is 5.32 Å². The van der Waals surface area contributed by atoms with Crippen LogP contribution in [0.4, 0.5) is 5.13 Å². The van der Waals surface area contributed by atoms with Crippen molar-refractivity contribution in [3.05, 3.63) is 89.5 Å². The van der Waals surface area contributed by atoms with E-state index in [4.69, 9.17) is 4.42 Å². The number of carbonyl (C=O) groups excluding carboxylic acids is 2. The number of amides is 1. The molecule has 0 spiro atoms. The third-order valence-electron chi connectivity index (χ3n) is 3.77. The number of nitrogens with zero attached hydrogens (tertiary/aromatic N) is 2. The number of pyridine rings is 1. The Morgan fingerprint density at radius 1 is 1.00 bits per heavy atom. The summed E-state index contributed by atoms with van der Waals surface area (Å²) < 4.78 is 5.10. The highest BCUT2D eigenvalue weighted by molar-refractivity contribution is 7.18. The van der Waals surface area contributed by atoms with Gasteiger partial charge in [0.15, 0.2) is 10.9 Å². The number of anilines is 1. The molecule has 0 saturated heterocycles. The van der Waals surface area contributed by atoms with E-state index in [2.05, 4.69) is 15.3 Å². The highest BCUT2D eigenvalue weighted by Gasteiger charge is 2.22. The van der Waals surface area contributed by atoms with Gasteiger partial charge in [0.2, 0.25) is 5.78 Å². The Morgan fingerprint density at radius 2 is 1.85 bits per heavy atom. The molecule has 0 unspecified atom stereocenters. The zero-order chi connectivity index (χ0) is 18.6. The second-order valence-corrected chi connectivity index (χ2v) is 6.56. The fraction of sp³-hybridized carbons (Fsp3) is 0. The number of nitrogens with one attached hydrogen (secondary N) is 1. The van der Waals surface area contributed by atoms with Gasteiger partial charge < -0.3 is 4.42 Å². The van der Waals surface area contributed by atoms with E-state index in [0.717, 1.165) is 16.9 Å². The minimum Gasteiger partial charge on any atom is -0.459 e. The Hall–Kier alpha value is -3.58. The molecule has 4 rings (SSSR count). The van der Waals surface area contributed by atoms with Crippen LogP contribution in [0, 0.1) is 0 Å². The lowest BCUT2D eigenvalue weighted by Gasteiger charge is -2.01. The van der Waals surface area contributed by atoms with Gasteiger partial charge in [-0.1, -0.05) is 41.7 Å². The van der Waals surface area contributed by atoms with Crippen LogP contribution in [0.1, 0.15) is 25.8 Å². The van der Waals surface area contributed by atoms with Gasteiger partial charge >= 0.3 is 0 Å². The summed E-state index contributed by atoms with van der Waals surface area (Å²) in [6.07, 6.45) is 4.54. The molecule has 3 heterocycles. The molecule has 132 valence electrons. The second kappa shape index (κ2) is 7.35. The molecule has 0 aliphatic heterocycles. The van der Waals surface area contributed by atoms with Gasteiger partial charge in [0.25, 0.3) is 5.91 Å². The molecule has 0 bridgehead atoms. The highest BCUT2D eigenvalue weighted by Crippen LogP contribution is 2.33. The molecule has 3 aromatic heterocycles. The first kappa shape index (κ1) is 16.9. The number of hydrogen-bond acceptors (Lipinski definition) is 6. The van der Waals surface area contributed by atoms with E-state index in [9.17, 15) is 9.59 Å². The first-order chi connectivity index (χ1) is 13.2. The van der Waals surface area contributed by atoms with Crippen molar-refractivity contribution in [2.24, 2.45) is 0 Å². The molecule has 0 atom stereocenters. The predicted molar refractivity (Wildman–Crippen MR) is 102 cm³/mol. The fourth-order valence-corrected chi connectivity index (χ4v) is 3.46. The normalized spacial score (nSPS) is 10.5. The van der Waals surface area contributed by atoms with Crippen molar-refractivity contribution in [1.82, 2.24) is 9.97 Å². The van der Waals surface area contributed by atoms with Gasteiger partial charge in [0, 0.05) is 23.5 Å². The number of carbonyl (C=O) groups is 2. The van der Waals surface area contributed by atoms with Gasteiger partial charge in [-0.25, -0.2) is 4.98 Å². The fourth-order valence-electron chi connectivity index (χ4n) is 2.51. The Bertz CT molecular complexity index is 1070. The zero-order valence-corrected chi connectivity index (χ0v) is 14.8. The summed E-state index contributed by atoms with van der Waals surface area (Å²) in [5.74, 6) is -0.446. The number of thiazole rings is 1. The van der Waals surface area contributed by atoms with Crippen LogP contribution in [0.25, 0.3) is 11.3 Å². The topological polar surface area (TPSA) is 85.1 Å². The molecule has 7 heteroatoms. The van der Waals surface area contributed by atoms with Crippen LogP contribution in [0.5, 0.6) is 0 Å². The lowest BCUT2D eigenvalue weighted by Crippen LogP contribution is -2.10. The summed E-state index contributed by atoms with van der Waals surface area (Å²) in [5, 5.41) is 3.01. The maximum absolute atomic E-state index is 13.0. The van der Waals surface area contributed by atoms with Crippen LogP contribution >= 0.6 is 11.3 Å². The van der Waals surface area contributed by atoms with Crippen LogP contribution in [0.3, 0.4) is 0 Å². The van der Waals surface area contributed by atoms with Gasteiger partial charge in [-0.2, -0.15) is 0 Å². The number of furan rings is 1. The smallest absolute Gasteiger partial charge is 0.293 e. The number of aromatic nitrogens is 2. The van der Waals surface area contributed by atoms with Crippen molar-refractivity contribution in [3.63, 3.8) is 0 Å². The zero-order valence-electron chi connectivity index (χ0n) is 14.0. The number of hydrogen-bond donors (Lipinski definition) is 1. The van der Waals surface area contributed by atoms with Gasteiger partial charge in [-0.3, -0.25) is 19.9 Å². The molecular formula is C20H13N3O3S. The standard InChI is InChI=1S/C20H13N3O3S/c24-17(14-8-4-10-21-12-14)18-16(13-6-2-1-3-7-13)22-20(27-18)23-19(25)15-9-5-11-26-15/h1-12H,(H,22,23,25). The molecule has 0 aliphatic rings. The Balaban J connectivity index is 1.73. The van der Waals surface area contributed by atoms with Crippen LogP contribution in [0.2, 0.25) is 0 Å². The van der Waals surface area contributed by atoms with E-state index in [0.29, 0.717) is 21.3 Å². The molecule has 0 aliphatic carbocycles. The quantitative estimate of drug-likeness (QED) is 0.526. The summed E-state index contributed by atoms with van der Waals surface area (Å²) in [6.45, 7) is 0. The number of rotatable bonds is 5. The maximum atomic E-state index is 13.0. The lowest BCUT2D eigenvalue weighted by atomic mass is 10.1. The van der Waals surface area contributed by atoms with E-state index < -0.39 is 5.91 Å².